The van der Waals surface area contributed by atoms with Crippen LogP contribution in [0, 0.1) is 0 Å². The Kier molecular flexibility index (Phi) is 3.44. The first kappa shape index (κ1) is 13.4. The molecule has 0 amide bonds. The van der Waals surface area contributed by atoms with Gasteiger partial charge in [0.15, 0.2) is 0 Å². The summed E-state index contributed by atoms with van der Waals surface area (Å²) in [6.07, 6.45) is 5.65. The second-order valence-corrected chi connectivity index (χ2v) is 5.21. The molecule has 2 heterocycles. The van der Waals surface area contributed by atoms with Crippen molar-refractivity contribution in [3.8, 4) is 11.1 Å². The first-order valence-corrected chi connectivity index (χ1v) is 6.87. The van der Waals surface area contributed by atoms with Crippen LogP contribution in [0.15, 0.2) is 48.9 Å². The van der Waals surface area contributed by atoms with Crippen LogP contribution in [0.1, 0.15) is 0 Å². The summed E-state index contributed by atoms with van der Waals surface area (Å²) in [5.74, 6) is 0.875. The first-order chi connectivity index (χ1) is 10.2. The lowest BCUT2D eigenvalue weighted by atomic mass is 10.0. The van der Waals surface area contributed by atoms with E-state index in [1.807, 2.05) is 39.7 Å². The zero-order chi connectivity index (χ0) is 14.8. The average Bonchev–Trinajstić information content (AvgIpc) is 2.53. The van der Waals surface area contributed by atoms with Crippen molar-refractivity contribution in [1.29, 1.82) is 0 Å². The van der Waals surface area contributed by atoms with Crippen LogP contribution in [0.25, 0.3) is 21.9 Å². The molecule has 0 aliphatic carbocycles. The maximum absolute atomic E-state index is 4.33. The van der Waals surface area contributed by atoms with Crippen LogP contribution >= 0.6 is 0 Å². The Bertz CT molecular complexity index is 781. The fraction of sp³-hybridized carbons (Fsp3) is 0.176. The monoisotopic (exact) mass is 278 g/mol. The number of fused-ring (bicyclic) bond motifs is 1. The number of nitrogens with one attached hydrogen (secondary N) is 1. The number of hydrogen-bond acceptors (Lipinski definition) is 4. The molecule has 0 saturated heterocycles. The number of aromatic nitrogens is 2. The van der Waals surface area contributed by atoms with E-state index in [0.29, 0.717) is 0 Å². The molecule has 1 aromatic carbocycles. The number of nitrogens with zero attached hydrogens (tertiary/aromatic N) is 3. The average molecular weight is 278 g/mol. The molecule has 21 heavy (non-hydrogen) atoms. The van der Waals surface area contributed by atoms with Gasteiger partial charge in [0.25, 0.3) is 0 Å². The van der Waals surface area contributed by atoms with Gasteiger partial charge in [0.05, 0.1) is 11.9 Å². The highest BCUT2D eigenvalue weighted by Gasteiger charge is 2.04. The lowest BCUT2D eigenvalue weighted by Gasteiger charge is -2.13. The van der Waals surface area contributed by atoms with Crippen molar-refractivity contribution in [2.75, 3.05) is 31.4 Å². The lowest BCUT2D eigenvalue weighted by Crippen LogP contribution is -2.08. The molecule has 1 N–H and O–H groups in total. The maximum atomic E-state index is 4.33. The highest BCUT2D eigenvalue weighted by molar-refractivity contribution is 5.88. The molecule has 4 nitrogen and oxygen atoms in total. The third-order valence-corrected chi connectivity index (χ3v) is 3.55. The molecule has 4 heteroatoms. The molecule has 3 aromatic rings. The van der Waals surface area contributed by atoms with Gasteiger partial charge in [-0.2, -0.15) is 0 Å². The maximum Gasteiger partial charge on any atom is 0.126 e. The largest absolute Gasteiger partial charge is 0.376 e. The molecule has 3 rings (SSSR count). The SMILES string of the molecule is CNc1cc2cc(-c3cncc(N(C)C)c3)ccc2cn1. The fourth-order valence-corrected chi connectivity index (χ4v) is 2.29. The van der Waals surface area contributed by atoms with E-state index in [-0.39, 0.29) is 0 Å². The summed E-state index contributed by atoms with van der Waals surface area (Å²) in [5.41, 5.74) is 3.37. The lowest BCUT2D eigenvalue weighted by molar-refractivity contribution is 1.11. The molecule has 2 aromatic heterocycles. The van der Waals surface area contributed by atoms with Crippen molar-refractivity contribution < 1.29 is 0 Å². The van der Waals surface area contributed by atoms with Crippen LogP contribution in [0.5, 0.6) is 0 Å². The Hall–Kier alpha value is -2.62. The van der Waals surface area contributed by atoms with Gasteiger partial charge >= 0.3 is 0 Å². The van der Waals surface area contributed by atoms with Crippen LogP contribution in [0.2, 0.25) is 0 Å². The molecule has 0 saturated carbocycles. The van der Waals surface area contributed by atoms with E-state index < -0.39 is 0 Å². The van der Waals surface area contributed by atoms with Crippen molar-refractivity contribution in [3.63, 3.8) is 0 Å². The van der Waals surface area contributed by atoms with Gasteiger partial charge in [0.1, 0.15) is 5.82 Å². The first-order valence-electron chi connectivity index (χ1n) is 6.87. The topological polar surface area (TPSA) is 41.1 Å². The van der Waals surface area contributed by atoms with Crippen LogP contribution in [-0.2, 0) is 0 Å². The van der Waals surface area contributed by atoms with Crippen molar-refractivity contribution in [2.24, 2.45) is 0 Å². The number of rotatable bonds is 3. The Morgan fingerprint density at radius 3 is 2.52 bits per heavy atom. The second-order valence-electron chi connectivity index (χ2n) is 5.21. The minimum Gasteiger partial charge on any atom is -0.376 e. The van der Waals surface area contributed by atoms with E-state index in [1.165, 1.54) is 5.39 Å². The van der Waals surface area contributed by atoms with Gasteiger partial charge in [-0.25, -0.2) is 4.98 Å². The molecular weight excluding hydrogens is 260 g/mol. The summed E-state index contributed by atoms with van der Waals surface area (Å²) in [5, 5.41) is 5.37. The Morgan fingerprint density at radius 2 is 1.76 bits per heavy atom. The van der Waals surface area contributed by atoms with Gasteiger partial charge in [-0.3, -0.25) is 4.98 Å². The fourth-order valence-electron chi connectivity index (χ4n) is 2.29. The smallest absolute Gasteiger partial charge is 0.126 e. The van der Waals surface area contributed by atoms with Crippen LogP contribution in [0.3, 0.4) is 0 Å². The van der Waals surface area contributed by atoms with Crippen molar-refractivity contribution in [1.82, 2.24) is 9.97 Å². The highest BCUT2D eigenvalue weighted by Crippen LogP contribution is 2.27. The molecule has 0 spiro atoms. The Morgan fingerprint density at radius 1 is 0.905 bits per heavy atom. The molecule has 106 valence electrons. The summed E-state index contributed by atoms with van der Waals surface area (Å²) in [4.78, 5) is 10.7. The standard InChI is InChI=1S/C17H18N4/c1-18-17-8-14-6-12(4-5-13(14)10-20-17)15-7-16(21(2)3)11-19-9-15/h4-11H,1-3H3,(H,18,20). The van der Waals surface area contributed by atoms with Gasteiger partial charge in [-0.05, 0) is 29.1 Å². The van der Waals surface area contributed by atoms with Gasteiger partial charge in [-0.1, -0.05) is 12.1 Å². The van der Waals surface area contributed by atoms with Gasteiger partial charge in [-0.15, -0.1) is 0 Å². The van der Waals surface area contributed by atoms with Gasteiger partial charge in [0, 0.05) is 44.5 Å². The van der Waals surface area contributed by atoms with E-state index in [1.54, 1.807) is 0 Å². The normalized spacial score (nSPS) is 10.6. The van der Waals surface area contributed by atoms with Crippen LogP contribution in [-0.4, -0.2) is 31.1 Å². The van der Waals surface area contributed by atoms with Crippen molar-refractivity contribution >= 4 is 22.3 Å². The highest BCUT2D eigenvalue weighted by atomic mass is 15.1. The van der Waals surface area contributed by atoms with Crippen LogP contribution in [0.4, 0.5) is 11.5 Å². The van der Waals surface area contributed by atoms with E-state index in [9.17, 15) is 0 Å². The summed E-state index contributed by atoms with van der Waals surface area (Å²) in [6, 6.07) is 10.6. The Balaban J connectivity index is 2.09. The Labute approximate surface area is 124 Å². The van der Waals surface area contributed by atoms with Crippen molar-refractivity contribution in [3.05, 3.63) is 48.9 Å². The van der Waals surface area contributed by atoms with Gasteiger partial charge < -0.3 is 10.2 Å². The van der Waals surface area contributed by atoms with Crippen molar-refractivity contribution in [2.45, 2.75) is 0 Å². The summed E-state index contributed by atoms with van der Waals surface area (Å²) >= 11 is 0. The van der Waals surface area contributed by atoms with E-state index >= 15 is 0 Å². The minimum absolute atomic E-state index is 0.875. The molecule has 0 bridgehead atoms. The predicted octanol–water partition coefficient (Wildman–Crippen LogP) is 3.40. The molecule has 0 atom stereocenters. The number of pyridine rings is 2. The predicted molar refractivity (Wildman–Crippen MR) is 88.8 cm³/mol. The van der Waals surface area contributed by atoms with Crippen LogP contribution < -0.4 is 10.2 Å². The van der Waals surface area contributed by atoms with E-state index in [4.69, 9.17) is 0 Å². The molecule has 0 aliphatic heterocycles. The number of hydrogen-bond donors (Lipinski definition) is 1. The zero-order valence-corrected chi connectivity index (χ0v) is 12.5. The number of anilines is 2. The summed E-state index contributed by atoms with van der Waals surface area (Å²) in [6.45, 7) is 0. The zero-order valence-electron chi connectivity index (χ0n) is 12.5. The third-order valence-electron chi connectivity index (χ3n) is 3.55. The molecule has 0 aliphatic rings. The molecule has 0 fully saturated rings. The number of benzene rings is 1. The summed E-state index contributed by atoms with van der Waals surface area (Å²) in [7, 11) is 5.92. The summed E-state index contributed by atoms with van der Waals surface area (Å²) < 4.78 is 0. The van der Waals surface area contributed by atoms with E-state index in [0.717, 1.165) is 28.0 Å². The quantitative estimate of drug-likeness (QED) is 0.797. The van der Waals surface area contributed by atoms with Gasteiger partial charge in [0.2, 0.25) is 0 Å². The second kappa shape index (κ2) is 5.40. The minimum atomic E-state index is 0.875. The molecule has 0 radical (unpaired) electrons. The molecule has 0 unspecified atom stereocenters. The van der Waals surface area contributed by atoms with E-state index in [2.05, 4.69) is 50.5 Å². The third kappa shape index (κ3) is 2.65. The molecular formula is C17H18N4.